The van der Waals surface area contributed by atoms with Crippen LogP contribution in [0.4, 0.5) is 18.9 Å². The molecule has 140 valence electrons. The van der Waals surface area contributed by atoms with Crippen LogP contribution in [0.15, 0.2) is 43.0 Å². The third kappa shape index (κ3) is 4.15. The van der Waals surface area contributed by atoms with Crippen molar-refractivity contribution in [2.24, 2.45) is 0 Å². The second-order valence-corrected chi connectivity index (χ2v) is 6.34. The van der Waals surface area contributed by atoms with Crippen molar-refractivity contribution in [3.05, 3.63) is 48.7 Å². The SMILES string of the molecule is O=C(Nc1cnn(C2CC2)c1)c1cccc(-c2cnn(CC(F)(F)F)c2)n1. The fourth-order valence-corrected chi connectivity index (χ4v) is 2.62. The molecule has 4 rings (SSSR count). The van der Waals surface area contributed by atoms with Crippen LogP contribution < -0.4 is 5.32 Å². The Morgan fingerprint density at radius 2 is 2.00 bits per heavy atom. The van der Waals surface area contributed by atoms with Crippen LogP contribution >= 0.6 is 0 Å². The Kier molecular flexibility index (Phi) is 4.17. The first-order chi connectivity index (χ1) is 12.9. The summed E-state index contributed by atoms with van der Waals surface area (Å²) >= 11 is 0. The van der Waals surface area contributed by atoms with Gasteiger partial charge in [-0.1, -0.05) is 6.07 Å². The highest BCUT2D eigenvalue weighted by molar-refractivity contribution is 6.03. The van der Waals surface area contributed by atoms with E-state index in [1.165, 1.54) is 18.5 Å². The number of nitrogens with one attached hydrogen (secondary N) is 1. The fraction of sp³-hybridized carbons (Fsp3) is 0.294. The molecule has 3 aromatic rings. The molecule has 1 N–H and O–H groups in total. The van der Waals surface area contributed by atoms with Gasteiger partial charge in [0, 0.05) is 18.0 Å². The van der Waals surface area contributed by atoms with Gasteiger partial charge >= 0.3 is 6.18 Å². The Labute approximate surface area is 151 Å². The molecule has 0 saturated heterocycles. The van der Waals surface area contributed by atoms with Crippen molar-refractivity contribution in [1.82, 2.24) is 24.5 Å². The minimum absolute atomic E-state index is 0.148. The Morgan fingerprint density at radius 1 is 1.19 bits per heavy atom. The molecule has 3 aromatic heterocycles. The Balaban J connectivity index is 1.48. The summed E-state index contributed by atoms with van der Waals surface area (Å²) in [5.41, 5.74) is 1.48. The van der Waals surface area contributed by atoms with Crippen molar-refractivity contribution in [3.63, 3.8) is 0 Å². The maximum Gasteiger partial charge on any atom is 0.408 e. The van der Waals surface area contributed by atoms with Crippen molar-refractivity contribution in [2.45, 2.75) is 31.6 Å². The van der Waals surface area contributed by atoms with Crippen LogP contribution in [0.25, 0.3) is 11.3 Å². The molecule has 10 heteroatoms. The van der Waals surface area contributed by atoms with Crippen molar-refractivity contribution in [1.29, 1.82) is 0 Å². The number of halogens is 3. The number of anilines is 1. The monoisotopic (exact) mass is 376 g/mol. The number of carbonyl (C=O) groups is 1. The van der Waals surface area contributed by atoms with E-state index in [-0.39, 0.29) is 5.69 Å². The smallest absolute Gasteiger partial charge is 0.318 e. The summed E-state index contributed by atoms with van der Waals surface area (Å²) in [7, 11) is 0. The van der Waals surface area contributed by atoms with Crippen LogP contribution in [0.5, 0.6) is 0 Å². The summed E-state index contributed by atoms with van der Waals surface area (Å²) in [5, 5.41) is 10.6. The molecule has 0 radical (unpaired) electrons. The van der Waals surface area contributed by atoms with Gasteiger partial charge in [0.1, 0.15) is 12.2 Å². The van der Waals surface area contributed by atoms with Crippen LogP contribution in [0.3, 0.4) is 0 Å². The summed E-state index contributed by atoms with van der Waals surface area (Å²) in [6.45, 7) is -1.18. The van der Waals surface area contributed by atoms with Gasteiger partial charge in [-0.3, -0.25) is 14.2 Å². The van der Waals surface area contributed by atoms with Crippen LogP contribution in [0.1, 0.15) is 29.4 Å². The van der Waals surface area contributed by atoms with Crippen LogP contribution in [0, 0.1) is 0 Å². The summed E-state index contributed by atoms with van der Waals surface area (Å²) in [6.07, 6.45) is 3.68. The van der Waals surface area contributed by atoms with E-state index >= 15 is 0 Å². The van der Waals surface area contributed by atoms with Gasteiger partial charge in [-0.2, -0.15) is 23.4 Å². The van der Waals surface area contributed by atoms with Gasteiger partial charge in [-0.05, 0) is 25.0 Å². The van der Waals surface area contributed by atoms with E-state index in [0.29, 0.717) is 23.0 Å². The number of amides is 1. The number of rotatable bonds is 5. The van der Waals surface area contributed by atoms with Crippen molar-refractivity contribution < 1.29 is 18.0 Å². The van der Waals surface area contributed by atoms with Gasteiger partial charge < -0.3 is 5.32 Å². The normalized spacial score (nSPS) is 14.3. The number of hydrogen-bond acceptors (Lipinski definition) is 4. The summed E-state index contributed by atoms with van der Waals surface area (Å²) < 4.78 is 39.9. The average molecular weight is 376 g/mol. The largest absolute Gasteiger partial charge is 0.408 e. The summed E-state index contributed by atoms with van der Waals surface area (Å²) in [4.78, 5) is 16.6. The molecule has 0 aliphatic heterocycles. The number of nitrogens with zero attached hydrogens (tertiary/aromatic N) is 5. The Bertz CT molecular complexity index is 973. The predicted octanol–water partition coefficient (Wildman–Crippen LogP) is 3.29. The maximum absolute atomic E-state index is 12.4. The summed E-state index contributed by atoms with van der Waals surface area (Å²) in [6, 6.07) is 5.16. The molecule has 0 unspecified atom stereocenters. The Hall–Kier alpha value is -3.17. The third-order valence-electron chi connectivity index (χ3n) is 4.03. The minimum Gasteiger partial charge on any atom is -0.318 e. The lowest BCUT2D eigenvalue weighted by Gasteiger charge is -2.05. The van der Waals surface area contributed by atoms with Gasteiger partial charge in [0.15, 0.2) is 0 Å². The number of aromatic nitrogens is 5. The molecule has 7 nitrogen and oxygen atoms in total. The molecule has 0 aromatic carbocycles. The predicted molar refractivity (Wildman–Crippen MR) is 90.0 cm³/mol. The van der Waals surface area contributed by atoms with E-state index in [0.717, 1.165) is 17.5 Å². The molecule has 1 saturated carbocycles. The van der Waals surface area contributed by atoms with E-state index in [4.69, 9.17) is 0 Å². The zero-order chi connectivity index (χ0) is 19.0. The molecular weight excluding hydrogens is 361 g/mol. The van der Waals surface area contributed by atoms with Crippen LogP contribution in [0.2, 0.25) is 0 Å². The standard InChI is InChI=1S/C17H15F3N6O/c18-17(19,20)10-25-8-11(6-21-25)14-2-1-3-15(24-14)16(27)23-12-7-22-26(9-12)13-4-5-13/h1-3,6-9,13H,4-5,10H2,(H,23,27). The van der Waals surface area contributed by atoms with Crippen molar-refractivity contribution >= 4 is 11.6 Å². The quantitative estimate of drug-likeness (QED) is 0.741. The molecule has 1 aliphatic carbocycles. The minimum atomic E-state index is -4.36. The van der Waals surface area contributed by atoms with Crippen molar-refractivity contribution in [3.8, 4) is 11.3 Å². The lowest BCUT2D eigenvalue weighted by Crippen LogP contribution is -2.17. The molecule has 1 aliphatic rings. The first kappa shape index (κ1) is 17.3. The summed E-state index contributed by atoms with van der Waals surface area (Å²) in [5.74, 6) is -0.421. The first-order valence-corrected chi connectivity index (χ1v) is 8.29. The van der Waals surface area contributed by atoms with Crippen LogP contribution in [-0.2, 0) is 6.54 Å². The fourth-order valence-electron chi connectivity index (χ4n) is 2.62. The van der Waals surface area contributed by atoms with E-state index < -0.39 is 18.6 Å². The zero-order valence-corrected chi connectivity index (χ0v) is 14.0. The molecule has 1 amide bonds. The second kappa shape index (κ2) is 6.53. The maximum atomic E-state index is 12.4. The molecule has 3 heterocycles. The van der Waals surface area contributed by atoms with Gasteiger partial charge in [0.25, 0.3) is 5.91 Å². The second-order valence-electron chi connectivity index (χ2n) is 6.34. The highest BCUT2D eigenvalue weighted by atomic mass is 19.4. The Morgan fingerprint density at radius 3 is 2.74 bits per heavy atom. The van der Waals surface area contributed by atoms with E-state index in [9.17, 15) is 18.0 Å². The van der Waals surface area contributed by atoms with E-state index in [1.54, 1.807) is 24.5 Å². The molecule has 0 bridgehead atoms. The number of alkyl halides is 3. The number of pyridine rings is 1. The van der Waals surface area contributed by atoms with Gasteiger partial charge in [-0.25, -0.2) is 4.98 Å². The number of carbonyl (C=O) groups excluding carboxylic acids is 1. The highest BCUT2D eigenvalue weighted by Gasteiger charge is 2.28. The molecule has 0 spiro atoms. The molecule has 1 fully saturated rings. The highest BCUT2D eigenvalue weighted by Crippen LogP contribution is 2.34. The molecule has 27 heavy (non-hydrogen) atoms. The average Bonchev–Trinajstić information content (AvgIpc) is 3.19. The van der Waals surface area contributed by atoms with Crippen molar-refractivity contribution in [2.75, 3.05) is 5.32 Å². The third-order valence-corrected chi connectivity index (χ3v) is 4.03. The van der Waals surface area contributed by atoms with Gasteiger partial charge in [0.2, 0.25) is 0 Å². The number of hydrogen-bond donors (Lipinski definition) is 1. The molecular formula is C17H15F3N6O. The molecule has 0 atom stereocenters. The van der Waals surface area contributed by atoms with E-state index in [1.807, 2.05) is 4.68 Å². The van der Waals surface area contributed by atoms with Crippen LogP contribution in [-0.4, -0.2) is 36.6 Å². The van der Waals surface area contributed by atoms with Gasteiger partial charge in [-0.15, -0.1) is 0 Å². The van der Waals surface area contributed by atoms with Gasteiger partial charge in [0.05, 0.1) is 29.8 Å². The lowest BCUT2D eigenvalue weighted by molar-refractivity contribution is -0.142. The first-order valence-electron chi connectivity index (χ1n) is 8.29. The topological polar surface area (TPSA) is 77.6 Å². The lowest BCUT2D eigenvalue weighted by atomic mass is 10.2. The van der Waals surface area contributed by atoms with E-state index in [2.05, 4.69) is 20.5 Å². The zero-order valence-electron chi connectivity index (χ0n) is 14.0.